The molecule has 4 aromatic rings. The Balaban J connectivity index is 1.71. The number of ketones is 1. The Labute approximate surface area is 174 Å². The molecule has 1 N–H and O–H groups in total. The molecule has 4 atom stereocenters. The molecular weight excluding hydrogens is 376 g/mol. The van der Waals surface area contributed by atoms with Gasteiger partial charge in [-0.25, -0.2) is 0 Å². The van der Waals surface area contributed by atoms with Crippen LogP contribution in [0.4, 0.5) is 0 Å². The summed E-state index contributed by atoms with van der Waals surface area (Å²) in [6, 6.07) is 26.0. The predicted octanol–water partition coefficient (Wildman–Crippen LogP) is 5.53. The molecule has 2 aromatic heterocycles. The SMILES string of the molecule is O=C(c1ccccc1)C1C(c2ccco2)C(c2ccco2)CC1(O)c1ccccc1. The van der Waals surface area contributed by atoms with E-state index in [0.29, 0.717) is 17.7 Å². The van der Waals surface area contributed by atoms with Gasteiger partial charge in [-0.15, -0.1) is 0 Å². The first-order valence-electron chi connectivity index (χ1n) is 10.1. The van der Waals surface area contributed by atoms with Crippen molar-refractivity contribution >= 4 is 5.78 Å². The van der Waals surface area contributed by atoms with Crippen LogP contribution in [0, 0.1) is 5.92 Å². The van der Waals surface area contributed by atoms with Crippen molar-refractivity contribution in [3.8, 4) is 0 Å². The first kappa shape index (κ1) is 18.6. The normalized spacial score (nSPS) is 26.0. The minimum absolute atomic E-state index is 0.0996. The summed E-state index contributed by atoms with van der Waals surface area (Å²) in [6.07, 6.45) is 3.60. The zero-order valence-electron chi connectivity index (χ0n) is 16.3. The highest BCUT2D eigenvalue weighted by molar-refractivity contribution is 5.99. The Morgan fingerprint density at radius 1 is 0.800 bits per heavy atom. The maximum Gasteiger partial charge on any atom is 0.169 e. The lowest BCUT2D eigenvalue weighted by Gasteiger charge is -2.32. The molecule has 30 heavy (non-hydrogen) atoms. The number of furan rings is 2. The van der Waals surface area contributed by atoms with E-state index in [1.165, 1.54) is 0 Å². The zero-order valence-corrected chi connectivity index (χ0v) is 16.3. The summed E-state index contributed by atoms with van der Waals surface area (Å²) in [7, 11) is 0. The minimum atomic E-state index is -1.36. The van der Waals surface area contributed by atoms with Crippen molar-refractivity contribution in [2.45, 2.75) is 23.9 Å². The Kier molecular flexibility index (Phi) is 4.64. The zero-order chi connectivity index (χ0) is 20.6. The molecule has 1 fully saturated rings. The second kappa shape index (κ2) is 7.47. The van der Waals surface area contributed by atoms with Gasteiger partial charge in [0.15, 0.2) is 5.78 Å². The predicted molar refractivity (Wildman–Crippen MR) is 112 cm³/mol. The molecule has 0 radical (unpaired) electrons. The Hall–Kier alpha value is -3.37. The lowest BCUT2D eigenvalue weighted by atomic mass is 9.75. The molecule has 0 aliphatic heterocycles. The molecule has 0 amide bonds. The summed E-state index contributed by atoms with van der Waals surface area (Å²) in [6.45, 7) is 0. The molecule has 5 rings (SSSR count). The van der Waals surface area contributed by atoms with Gasteiger partial charge in [-0.1, -0.05) is 60.7 Å². The molecule has 2 aromatic carbocycles. The number of carbonyl (C=O) groups is 1. The fourth-order valence-electron chi connectivity index (χ4n) is 4.93. The van der Waals surface area contributed by atoms with Gasteiger partial charge in [0.25, 0.3) is 0 Å². The summed E-state index contributed by atoms with van der Waals surface area (Å²) in [5.41, 5.74) is -0.0540. The number of carbonyl (C=O) groups excluding carboxylic acids is 1. The van der Waals surface area contributed by atoms with Crippen LogP contribution in [0.2, 0.25) is 0 Å². The van der Waals surface area contributed by atoms with Crippen LogP contribution in [0.3, 0.4) is 0 Å². The van der Waals surface area contributed by atoms with Crippen molar-refractivity contribution in [3.63, 3.8) is 0 Å². The van der Waals surface area contributed by atoms with E-state index >= 15 is 0 Å². The van der Waals surface area contributed by atoms with Crippen molar-refractivity contribution in [2.24, 2.45) is 5.92 Å². The van der Waals surface area contributed by atoms with E-state index in [4.69, 9.17) is 8.83 Å². The third-order valence-corrected chi connectivity index (χ3v) is 6.23. The van der Waals surface area contributed by atoms with Crippen LogP contribution in [0.15, 0.2) is 106 Å². The van der Waals surface area contributed by atoms with E-state index in [2.05, 4.69) is 0 Å². The van der Waals surface area contributed by atoms with Crippen LogP contribution < -0.4 is 0 Å². The van der Waals surface area contributed by atoms with Crippen molar-refractivity contribution in [2.75, 3.05) is 0 Å². The Bertz CT molecular complexity index is 1100. The van der Waals surface area contributed by atoms with Crippen LogP contribution >= 0.6 is 0 Å². The highest BCUT2D eigenvalue weighted by Gasteiger charge is 2.59. The lowest BCUT2D eigenvalue weighted by Crippen LogP contribution is -2.37. The smallest absolute Gasteiger partial charge is 0.169 e. The third-order valence-electron chi connectivity index (χ3n) is 6.23. The average Bonchev–Trinajstić information content (AvgIpc) is 3.55. The summed E-state index contributed by atoms with van der Waals surface area (Å²) in [5.74, 6) is 0.0469. The van der Waals surface area contributed by atoms with Crippen LogP contribution in [0.1, 0.15) is 45.7 Å². The first-order chi connectivity index (χ1) is 14.7. The largest absolute Gasteiger partial charge is 0.469 e. The molecule has 4 heteroatoms. The molecule has 1 aliphatic rings. The summed E-state index contributed by atoms with van der Waals surface area (Å²) in [5, 5.41) is 12.1. The van der Waals surface area contributed by atoms with Crippen molar-refractivity contribution in [1.29, 1.82) is 0 Å². The second-order valence-corrected chi connectivity index (χ2v) is 7.87. The molecule has 1 saturated carbocycles. The second-order valence-electron chi connectivity index (χ2n) is 7.87. The molecular formula is C26H22O4. The Morgan fingerprint density at radius 3 is 2.00 bits per heavy atom. The molecule has 150 valence electrons. The summed E-state index contributed by atoms with van der Waals surface area (Å²) in [4.78, 5) is 13.8. The fourth-order valence-corrected chi connectivity index (χ4v) is 4.93. The standard InChI is InChI=1S/C26H22O4/c27-25(18-9-3-1-4-10-18)24-23(22-14-8-16-30-22)20(21-13-7-15-29-21)17-26(24,28)19-11-5-2-6-12-19/h1-16,20,23-24,28H,17H2. The molecule has 4 nitrogen and oxygen atoms in total. The van der Waals surface area contributed by atoms with E-state index in [-0.39, 0.29) is 17.6 Å². The molecule has 4 unspecified atom stereocenters. The van der Waals surface area contributed by atoms with Crippen LogP contribution in [-0.4, -0.2) is 10.9 Å². The van der Waals surface area contributed by atoms with Gasteiger partial charge in [0.2, 0.25) is 0 Å². The van der Waals surface area contributed by atoms with E-state index < -0.39 is 11.5 Å². The molecule has 1 aliphatic carbocycles. The topological polar surface area (TPSA) is 63.6 Å². The fraction of sp³-hybridized carbons (Fsp3) is 0.192. The van der Waals surface area contributed by atoms with Crippen molar-refractivity contribution in [3.05, 3.63) is 120 Å². The number of aliphatic hydroxyl groups is 1. The van der Waals surface area contributed by atoms with Gasteiger partial charge in [-0.05, 0) is 36.2 Å². The van der Waals surface area contributed by atoms with Crippen LogP contribution in [-0.2, 0) is 5.60 Å². The molecule has 0 saturated heterocycles. The van der Waals surface area contributed by atoms with Gasteiger partial charge < -0.3 is 13.9 Å². The van der Waals surface area contributed by atoms with Crippen molar-refractivity contribution in [1.82, 2.24) is 0 Å². The van der Waals surface area contributed by atoms with E-state index in [0.717, 1.165) is 11.3 Å². The van der Waals surface area contributed by atoms with Crippen molar-refractivity contribution < 1.29 is 18.7 Å². The minimum Gasteiger partial charge on any atom is -0.469 e. The van der Waals surface area contributed by atoms with Gasteiger partial charge in [0, 0.05) is 17.4 Å². The van der Waals surface area contributed by atoms with Gasteiger partial charge in [-0.2, -0.15) is 0 Å². The maximum atomic E-state index is 13.8. The molecule has 0 spiro atoms. The third kappa shape index (κ3) is 3.01. The van der Waals surface area contributed by atoms with Crippen LogP contribution in [0.25, 0.3) is 0 Å². The number of Topliss-reactive ketones (excluding diaryl/α,β-unsaturated/α-hetero) is 1. The van der Waals surface area contributed by atoms with Gasteiger partial charge >= 0.3 is 0 Å². The highest BCUT2D eigenvalue weighted by Crippen LogP contribution is 2.59. The Morgan fingerprint density at radius 2 is 1.40 bits per heavy atom. The summed E-state index contributed by atoms with van der Waals surface area (Å²) >= 11 is 0. The van der Waals surface area contributed by atoms with E-state index in [1.807, 2.05) is 72.8 Å². The van der Waals surface area contributed by atoms with Gasteiger partial charge in [-0.3, -0.25) is 4.79 Å². The van der Waals surface area contributed by atoms with Gasteiger partial charge in [0.05, 0.1) is 18.4 Å². The summed E-state index contributed by atoms with van der Waals surface area (Å²) < 4.78 is 11.5. The maximum absolute atomic E-state index is 13.8. The van der Waals surface area contributed by atoms with Gasteiger partial charge in [0.1, 0.15) is 17.1 Å². The van der Waals surface area contributed by atoms with E-state index in [9.17, 15) is 9.90 Å². The quantitative estimate of drug-likeness (QED) is 0.449. The molecule has 2 heterocycles. The van der Waals surface area contributed by atoms with E-state index in [1.54, 1.807) is 24.7 Å². The first-order valence-corrected chi connectivity index (χ1v) is 10.1. The number of hydrogen-bond donors (Lipinski definition) is 1. The van der Waals surface area contributed by atoms with Crippen LogP contribution in [0.5, 0.6) is 0 Å². The lowest BCUT2D eigenvalue weighted by molar-refractivity contribution is -0.00137. The number of hydrogen-bond acceptors (Lipinski definition) is 4. The number of benzene rings is 2. The average molecular weight is 398 g/mol. The monoisotopic (exact) mass is 398 g/mol. The number of rotatable bonds is 5. The molecule has 0 bridgehead atoms. The highest BCUT2D eigenvalue weighted by atomic mass is 16.3.